The molecule has 0 saturated carbocycles. The van der Waals surface area contributed by atoms with E-state index in [9.17, 15) is 14.4 Å². The van der Waals surface area contributed by atoms with Crippen LogP contribution in [0.1, 0.15) is 61.3 Å². The van der Waals surface area contributed by atoms with Crippen molar-refractivity contribution in [3.8, 4) is 0 Å². The van der Waals surface area contributed by atoms with Crippen LogP contribution in [-0.2, 0) is 4.79 Å². The van der Waals surface area contributed by atoms with Crippen LogP contribution in [0.5, 0.6) is 0 Å². The lowest BCUT2D eigenvalue weighted by molar-refractivity contribution is -0.116. The fourth-order valence-corrected chi connectivity index (χ4v) is 2.55. The number of para-hydroxylation sites is 1. The molecule has 2 aromatic carbocycles. The van der Waals surface area contributed by atoms with Crippen molar-refractivity contribution in [2.75, 3.05) is 10.6 Å². The summed E-state index contributed by atoms with van der Waals surface area (Å²) in [4.78, 5) is 36.7. The van der Waals surface area contributed by atoms with Gasteiger partial charge in [0.25, 0.3) is 11.8 Å². The van der Waals surface area contributed by atoms with Crippen LogP contribution >= 0.6 is 0 Å². The maximum absolute atomic E-state index is 12.6. The molecular weight excluding hydrogens is 354 g/mol. The molecule has 0 bridgehead atoms. The first kappa shape index (κ1) is 21.2. The molecule has 0 unspecified atom stereocenters. The average Bonchev–Trinajstić information content (AvgIpc) is 2.61. The van der Waals surface area contributed by atoms with Gasteiger partial charge in [-0.1, -0.05) is 19.1 Å². The smallest absolute Gasteiger partial charge is 0.255 e. The second-order valence-corrected chi connectivity index (χ2v) is 7.58. The van der Waals surface area contributed by atoms with Gasteiger partial charge in [0.2, 0.25) is 5.91 Å². The van der Waals surface area contributed by atoms with E-state index >= 15 is 0 Å². The van der Waals surface area contributed by atoms with Crippen molar-refractivity contribution >= 4 is 29.1 Å². The first-order valence-corrected chi connectivity index (χ1v) is 9.32. The zero-order valence-corrected chi connectivity index (χ0v) is 16.8. The molecule has 0 spiro atoms. The molecule has 0 aromatic heterocycles. The van der Waals surface area contributed by atoms with Gasteiger partial charge in [-0.25, -0.2) is 0 Å². The van der Waals surface area contributed by atoms with Crippen molar-refractivity contribution in [1.82, 2.24) is 5.32 Å². The summed E-state index contributed by atoms with van der Waals surface area (Å²) in [6, 6.07) is 13.5. The SMILES string of the molecule is CCCC(=O)Nc1ccc(C(=O)Nc2ccccc2C(=O)NC(C)(C)C)cc1. The van der Waals surface area contributed by atoms with Crippen molar-refractivity contribution in [2.24, 2.45) is 0 Å². The summed E-state index contributed by atoms with van der Waals surface area (Å²) in [5, 5.41) is 8.46. The quantitative estimate of drug-likeness (QED) is 0.700. The summed E-state index contributed by atoms with van der Waals surface area (Å²) >= 11 is 0. The van der Waals surface area contributed by atoms with Gasteiger partial charge < -0.3 is 16.0 Å². The van der Waals surface area contributed by atoms with Crippen molar-refractivity contribution < 1.29 is 14.4 Å². The Morgan fingerprint density at radius 2 is 1.50 bits per heavy atom. The number of anilines is 2. The number of rotatable bonds is 6. The molecule has 0 radical (unpaired) electrons. The van der Waals surface area contributed by atoms with Gasteiger partial charge in [-0.2, -0.15) is 0 Å². The van der Waals surface area contributed by atoms with E-state index in [0.29, 0.717) is 28.9 Å². The van der Waals surface area contributed by atoms with Crippen LogP contribution in [0.2, 0.25) is 0 Å². The lowest BCUT2D eigenvalue weighted by Gasteiger charge is -2.21. The second kappa shape index (κ2) is 9.17. The van der Waals surface area contributed by atoms with Crippen molar-refractivity contribution in [3.63, 3.8) is 0 Å². The number of nitrogens with one attached hydrogen (secondary N) is 3. The lowest BCUT2D eigenvalue weighted by atomic mass is 10.1. The van der Waals surface area contributed by atoms with Crippen LogP contribution in [0.25, 0.3) is 0 Å². The van der Waals surface area contributed by atoms with E-state index in [2.05, 4.69) is 16.0 Å². The largest absolute Gasteiger partial charge is 0.347 e. The normalized spacial score (nSPS) is 10.9. The maximum Gasteiger partial charge on any atom is 0.255 e. The third-order valence-electron chi connectivity index (χ3n) is 3.82. The fourth-order valence-electron chi connectivity index (χ4n) is 2.55. The van der Waals surface area contributed by atoms with Gasteiger partial charge in [0, 0.05) is 23.2 Å². The van der Waals surface area contributed by atoms with Crippen LogP contribution in [0.3, 0.4) is 0 Å². The summed E-state index contributed by atoms with van der Waals surface area (Å²) < 4.78 is 0. The first-order valence-electron chi connectivity index (χ1n) is 9.32. The molecule has 0 atom stereocenters. The van der Waals surface area contributed by atoms with E-state index in [-0.39, 0.29) is 23.3 Å². The Hall–Kier alpha value is -3.15. The number of benzene rings is 2. The molecule has 0 aliphatic heterocycles. The molecule has 0 fully saturated rings. The molecule has 0 saturated heterocycles. The third-order valence-corrected chi connectivity index (χ3v) is 3.82. The molecule has 2 rings (SSSR count). The lowest BCUT2D eigenvalue weighted by Crippen LogP contribution is -2.40. The van der Waals surface area contributed by atoms with Crippen molar-refractivity contribution in [2.45, 2.75) is 46.1 Å². The molecule has 148 valence electrons. The highest BCUT2D eigenvalue weighted by molar-refractivity contribution is 6.09. The minimum atomic E-state index is -0.383. The van der Waals surface area contributed by atoms with Gasteiger partial charge in [0.05, 0.1) is 11.3 Å². The van der Waals surface area contributed by atoms with E-state index in [1.807, 2.05) is 27.7 Å². The monoisotopic (exact) mass is 381 g/mol. The summed E-state index contributed by atoms with van der Waals surface area (Å²) in [6.07, 6.45) is 1.23. The summed E-state index contributed by atoms with van der Waals surface area (Å²) in [7, 11) is 0. The number of amides is 3. The Bertz CT molecular complexity index is 852. The van der Waals surface area contributed by atoms with Crippen LogP contribution in [0.4, 0.5) is 11.4 Å². The standard InChI is InChI=1S/C22H27N3O3/c1-5-8-19(26)23-16-13-11-15(12-14-16)20(27)24-18-10-7-6-9-17(18)21(28)25-22(2,3)4/h6-7,9-14H,5,8H2,1-4H3,(H,23,26)(H,24,27)(H,25,28). The predicted octanol–water partition coefficient (Wildman–Crippen LogP) is 4.21. The maximum atomic E-state index is 12.6. The summed E-state index contributed by atoms with van der Waals surface area (Å²) in [6.45, 7) is 7.62. The van der Waals surface area contributed by atoms with Crippen LogP contribution in [-0.4, -0.2) is 23.3 Å². The van der Waals surface area contributed by atoms with E-state index in [1.54, 1.807) is 48.5 Å². The van der Waals surface area contributed by atoms with Gasteiger partial charge in [0.15, 0.2) is 0 Å². The highest BCUT2D eigenvalue weighted by Gasteiger charge is 2.19. The first-order chi connectivity index (χ1) is 13.2. The molecule has 2 aromatic rings. The number of hydrogen-bond donors (Lipinski definition) is 3. The molecule has 6 heteroatoms. The van der Waals surface area contributed by atoms with Crippen molar-refractivity contribution in [1.29, 1.82) is 0 Å². The fraction of sp³-hybridized carbons (Fsp3) is 0.318. The number of carbonyl (C=O) groups is 3. The summed E-state index contributed by atoms with van der Waals surface area (Å²) in [5.41, 5.74) is 1.52. The van der Waals surface area contributed by atoms with Gasteiger partial charge in [-0.05, 0) is 63.6 Å². The highest BCUT2D eigenvalue weighted by atomic mass is 16.2. The van der Waals surface area contributed by atoms with Crippen LogP contribution in [0, 0.1) is 0 Å². The van der Waals surface area contributed by atoms with Gasteiger partial charge in [-0.15, -0.1) is 0 Å². The Kier molecular flexibility index (Phi) is 6.93. The van der Waals surface area contributed by atoms with Crippen LogP contribution in [0.15, 0.2) is 48.5 Å². The highest BCUT2D eigenvalue weighted by Crippen LogP contribution is 2.18. The van der Waals surface area contributed by atoms with E-state index in [4.69, 9.17) is 0 Å². The molecule has 6 nitrogen and oxygen atoms in total. The minimum absolute atomic E-state index is 0.0570. The molecule has 0 aliphatic carbocycles. The molecule has 3 N–H and O–H groups in total. The number of hydrogen-bond acceptors (Lipinski definition) is 3. The molecule has 0 heterocycles. The Morgan fingerprint density at radius 3 is 2.11 bits per heavy atom. The van der Waals surface area contributed by atoms with Crippen molar-refractivity contribution in [3.05, 3.63) is 59.7 Å². The third kappa shape index (κ3) is 6.23. The Labute approximate surface area is 165 Å². The van der Waals surface area contributed by atoms with Gasteiger partial charge in [0.1, 0.15) is 0 Å². The van der Waals surface area contributed by atoms with E-state index < -0.39 is 0 Å². The zero-order valence-electron chi connectivity index (χ0n) is 16.8. The van der Waals surface area contributed by atoms with Crippen LogP contribution < -0.4 is 16.0 Å². The predicted molar refractivity (Wildman–Crippen MR) is 112 cm³/mol. The van der Waals surface area contributed by atoms with Gasteiger partial charge in [-0.3, -0.25) is 14.4 Å². The second-order valence-electron chi connectivity index (χ2n) is 7.58. The van der Waals surface area contributed by atoms with E-state index in [1.165, 1.54) is 0 Å². The zero-order chi connectivity index (χ0) is 20.7. The Balaban J connectivity index is 2.11. The molecule has 3 amide bonds. The topological polar surface area (TPSA) is 87.3 Å². The molecular formula is C22H27N3O3. The average molecular weight is 381 g/mol. The number of carbonyl (C=O) groups excluding carboxylic acids is 3. The minimum Gasteiger partial charge on any atom is -0.347 e. The molecule has 28 heavy (non-hydrogen) atoms. The summed E-state index contributed by atoms with van der Waals surface area (Å²) in [5.74, 6) is -0.640. The van der Waals surface area contributed by atoms with E-state index in [0.717, 1.165) is 6.42 Å². The van der Waals surface area contributed by atoms with Gasteiger partial charge >= 0.3 is 0 Å². The molecule has 0 aliphatic rings. The Morgan fingerprint density at radius 1 is 0.857 bits per heavy atom.